The number of carbonyl (C=O) groups is 2. The molecule has 1 heterocycles. The van der Waals surface area contributed by atoms with E-state index in [-0.39, 0.29) is 22.5 Å². The first-order valence-corrected chi connectivity index (χ1v) is 10.2. The number of methoxy groups -OCH3 is 1. The number of benzene rings is 1. The number of alkyl halides is 3. The third-order valence-corrected chi connectivity index (χ3v) is 5.11. The van der Waals surface area contributed by atoms with Gasteiger partial charge in [-0.05, 0) is 18.6 Å². The van der Waals surface area contributed by atoms with E-state index in [2.05, 4.69) is 20.4 Å². The quantitative estimate of drug-likeness (QED) is 0.473. The summed E-state index contributed by atoms with van der Waals surface area (Å²) >= 11 is 0. The Kier molecular flexibility index (Phi) is 6.45. The van der Waals surface area contributed by atoms with Crippen LogP contribution in [0.4, 0.5) is 29.3 Å². The number of Topliss-reactive ketones (excluding diaryl/α,β-unsaturated/α-hetero) is 1. The van der Waals surface area contributed by atoms with Gasteiger partial charge < -0.3 is 15.8 Å². The lowest BCUT2D eigenvalue weighted by Crippen LogP contribution is -2.38. The van der Waals surface area contributed by atoms with Gasteiger partial charge in [-0.1, -0.05) is 6.07 Å². The molecule has 0 fully saturated rings. The van der Waals surface area contributed by atoms with E-state index in [4.69, 9.17) is 5.73 Å². The fourth-order valence-corrected chi connectivity index (χ4v) is 3.37. The number of nitrogen functional groups attached to an aromatic ring is 1. The maximum atomic E-state index is 13.4. The van der Waals surface area contributed by atoms with E-state index in [1.807, 2.05) is 0 Å². The van der Waals surface area contributed by atoms with E-state index in [1.165, 1.54) is 19.1 Å². The molecule has 9 nitrogen and oxygen atoms in total. The molecule has 164 valence electrons. The van der Waals surface area contributed by atoms with Gasteiger partial charge in [-0.15, -0.1) is 0 Å². The Bertz CT molecular complexity index is 1060. The van der Waals surface area contributed by atoms with Crippen LogP contribution in [0.1, 0.15) is 22.8 Å². The minimum Gasteiger partial charge on any atom is -0.453 e. The molecule has 0 aliphatic carbocycles. The van der Waals surface area contributed by atoms with E-state index >= 15 is 0 Å². The fourth-order valence-electron chi connectivity index (χ4n) is 2.76. The number of aliphatic imine (C=N–C) groups is 1. The van der Waals surface area contributed by atoms with Crippen LogP contribution in [0.3, 0.4) is 0 Å². The van der Waals surface area contributed by atoms with Gasteiger partial charge in [0.25, 0.3) is 0 Å². The molecule has 0 saturated carbocycles. The van der Waals surface area contributed by atoms with Crippen molar-refractivity contribution in [2.75, 3.05) is 31.0 Å². The van der Waals surface area contributed by atoms with Gasteiger partial charge in [-0.2, -0.15) is 13.2 Å². The highest BCUT2D eigenvalue weighted by Gasteiger charge is 2.39. The number of amides is 1. The summed E-state index contributed by atoms with van der Waals surface area (Å²) in [4.78, 5) is 26.9. The number of nitrogens with two attached hydrogens (primary N) is 1. The van der Waals surface area contributed by atoms with Crippen LogP contribution in [0.25, 0.3) is 0 Å². The molecule has 4 N–H and O–H groups in total. The number of ketones is 1. The Morgan fingerprint density at radius 3 is 2.47 bits per heavy atom. The van der Waals surface area contributed by atoms with Crippen LogP contribution in [0, 0.1) is 0 Å². The van der Waals surface area contributed by atoms with Gasteiger partial charge in [-0.3, -0.25) is 15.1 Å². The second-order valence-corrected chi connectivity index (χ2v) is 8.31. The zero-order valence-electron chi connectivity index (χ0n) is 16.2. The van der Waals surface area contributed by atoms with Crippen molar-refractivity contribution in [3.63, 3.8) is 0 Å². The molecule has 13 heteroatoms. The summed E-state index contributed by atoms with van der Waals surface area (Å²) in [6, 6.07) is 2.61. The average molecular weight is 448 g/mol. The minimum atomic E-state index is -4.76. The third-order valence-electron chi connectivity index (χ3n) is 4.17. The monoisotopic (exact) mass is 448 g/mol. The molecule has 1 aromatic carbocycles. The van der Waals surface area contributed by atoms with Gasteiger partial charge in [0.2, 0.25) is 15.0 Å². The van der Waals surface area contributed by atoms with Crippen molar-refractivity contribution in [1.29, 1.82) is 0 Å². The van der Waals surface area contributed by atoms with Crippen LogP contribution in [-0.4, -0.2) is 51.5 Å². The third kappa shape index (κ3) is 5.09. The van der Waals surface area contributed by atoms with Crippen molar-refractivity contribution < 1.29 is 35.9 Å². The number of nitrogens with one attached hydrogen (secondary N) is 2. The fraction of sp³-hybridized carbons (Fsp3) is 0.353. The normalized spacial score (nSPS) is 14.7. The summed E-state index contributed by atoms with van der Waals surface area (Å²) in [5, 5.41) is 3.93. The highest BCUT2D eigenvalue weighted by atomic mass is 32.2. The summed E-state index contributed by atoms with van der Waals surface area (Å²) in [6.07, 6.45) is -5.27. The largest absolute Gasteiger partial charge is 0.453 e. The number of rotatable bonds is 4. The second-order valence-electron chi connectivity index (χ2n) is 6.38. The van der Waals surface area contributed by atoms with Crippen molar-refractivity contribution in [3.8, 4) is 0 Å². The molecule has 0 bridgehead atoms. The van der Waals surface area contributed by atoms with E-state index in [1.54, 1.807) is 0 Å². The van der Waals surface area contributed by atoms with Gasteiger partial charge in [0.05, 0.1) is 30.5 Å². The van der Waals surface area contributed by atoms with Crippen LogP contribution in [0.2, 0.25) is 0 Å². The molecule has 0 aromatic heterocycles. The zero-order chi connectivity index (χ0) is 22.9. The van der Waals surface area contributed by atoms with Crippen molar-refractivity contribution in [2.24, 2.45) is 4.99 Å². The zero-order valence-corrected chi connectivity index (χ0v) is 17.0. The molecular formula is C17H19F3N4O5S. The number of nitrogens with zero attached hydrogens (tertiary/aromatic N) is 1. The molecule has 0 saturated heterocycles. The Morgan fingerprint density at radius 1 is 1.33 bits per heavy atom. The SMILES string of the molecule is COC(=O)Nc1ccc(CC2=C(C(F)(F)F)CN=C(S(C)(=O)=O)N2)c(N)c1C(C)=O. The van der Waals surface area contributed by atoms with E-state index in [9.17, 15) is 31.2 Å². The first kappa shape index (κ1) is 23.2. The Labute approximate surface area is 170 Å². The maximum Gasteiger partial charge on any atom is 0.416 e. The van der Waals surface area contributed by atoms with Gasteiger partial charge in [0, 0.05) is 24.1 Å². The second kappa shape index (κ2) is 8.34. The standard InChI is InChI=1S/C17H19F3N4O5S/c1-8(25)13-11(24-16(26)29-2)5-4-9(14(13)21)6-12-10(17(18,19)20)7-22-15(23-12)30(3,27)28/h4-5H,6-7,21H2,1-3H3,(H,22,23)(H,24,26). The number of hydrogen-bond acceptors (Lipinski definition) is 8. The summed E-state index contributed by atoms with van der Waals surface area (Å²) < 4.78 is 68.1. The van der Waals surface area contributed by atoms with E-state index < -0.39 is 57.3 Å². The highest BCUT2D eigenvalue weighted by molar-refractivity contribution is 8.05. The van der Waals surface area contributed by atoms with Crippen LogP contribution >= 0.6 is 0 Å². The number of amidine groups is 1. The topological polar surface area (TPSA) is 140 Å². The maximum absolute atomic E-state index is 13.4. The van der Waals surface area contributed by atoms with Gasteiger partial charge in [-0.25, -0.2) is 13.2 Å². The molecule has 30 heavy (non-hydrogen) atoms. The van der Waals surface area contributed by atoms with Gasteiger partial charge in [0.15, 0.2) is 5.78 Å². The highest BCUT2D eigenvalue weighted by Crippen LogP contribution is 2.33. The Hall–Kier alpha value is -3.09. The first-order chi connectivity index (χ1) is 13.8. The molecule has 0 spiro atoms. The predicted molar refractivity (Wildman–Crippen MR) is 104 cm³/mol. The number of carbonyl (C=O) groups excluding carboxylic acids is 2. The number of halogens is 3. The van der Waals surface area contributed by atoms with E-state index in [0.717, 1.165) is 13.4 Å². The summed E-state index contributed by atoms with van der Waals surface area (Å²) in [5.41, 5.74) is 4.37. The predicted octanol–water partition coefficient (Wildman–Crippen LogP) is 2.01. The van der Waals surface area contributed by atoms with E-state index in [0.29, 0.717) is 0 Å². The van der Waals surface area contributed by atoms with Crippen molar-refractivity contribution in [3.05, 3.63) is 34.5 Å². The summed E-state index contributed by atoms with van der Waals surface area (Å²) in [5.74, 6) is -0.541. The van der Waals surface area contributed by atoms with Crippen molar-refractivity contribution >= 4 is 38.3 Å². The molecule has 0 unspecified atom stereocenters. The minimum absolute atomic E-state index is 0.0237. The molecule has 1 aliphatic heterocycles. The van der Waals surface area contributed by atoms with Crippen LogP contribution in [0.5, 0.6) is 0 Å². The van der Waals surface area contributed by atoms with Crippen molar-refractivity contribution in [2.45, 2.75) is 19.5 Å². The molecule has 1 amide bonds. The Morgan fingerprint density at radius 2 is 1.97 bits per heavy atom. The molecular weight excluding hydrogens is 429 g/mol. The number of sulfone groups is 1. The van der Waals surface area contributed by atoms with Gasteiger partial charge in [0.1, 0.15) is 0 Å². The van der Waals surface area contributed by atoms with Gasteiger partial charge >= 0.3 is 12.3 Å². The molecule has 2 rings (SSSR count). The molecule has 0 atom stereocenters. The smallest absolute Gasteiger partial charge is 0.416 e. The lowest BCUT2D eigenvalue weighted by molar-refractivity contribution is -0.0935. The number of hydrogen-bond donors (Lipinski definition) is 3. The summed E-state index contributed by atoms with van der Waals surface area (Å²) in [7, 11) is -2.77. The Balaban J connectivity index is 2.52. The molecule has 1 aliphatic rings. The molecule has 1 aromatic rings. The lowest BCUT2D eigenvalue weighted by Gasteiger charge is -2.24. The number of anilines is 2. The van der Waals surface area contributed by atoms with Crippen molar-refractivity contribution in [1.82, 2.24) is 5.32 Å². The van der Waals surface area contributed by atoms with Crippen LogP contribution < -0.4 is 16.4 Å². The lowest BCUT2D eigenvalue weighted by atomic mass is 9.97. The molecule has 0 radical (unpaired) electrons. The average Bonchev–Trinajstić information content (AvgIpc) is 2.61. The summed E-state index contributed by atoms with van der Waals surface area (Å²) in [6.45, 7) is 0.293. The number of ether oxygens (including phenoxy) is 1. The first-order valence-electron chi connectivity index (χ1n) is 8.33. The van der Waals surface area contributed by atoms with Crippen LogP contribution in [-0.2, 0) is 21.0 Å². The number of allylic oxidation sites excluding steroid dienone is 1. The van der Waals surface area contributed by atoms with Crippen LogP contribution in [0.15, 0.2) is 28.4 Å².